The van der Waals surface area contributed by atoms with Crippen LogP contribution in [-0.4, -0.2) is 29.7 Å². The second-order valence-electron chi connectivity index (χ2n) is 5.53. The van der Waals surface area contributed by atoms with Crippen molar-refractivity contribution in [2.45, 2.75) is 45.6 Å². The van der Waals surface area contributed by atoms with Gasteiger partial charge in [0.2, 0.25) is 5.91 Å². The molecule has 0 saturated carbocycles. The Morgan fingerprint density at radius 2 is 2.05 bits per heavy atom. The van der Waals surface area contributed by atoms with E-state index in [9.17, 15) is 9.59 Å². The van der Waals surface area contributed by atoms with E-state index in [1.807, 2.05) is 6.92 Å². The summed E-state index contributed by atoms with van der Waals surface area (Å²) in [4.78, 5) is 23.2. The highest BCUT2D eigenvalue weighted by atomic mass is 16.5. The third-order valence-electron chi connectivity index (χ3n) is 3.76. The minimum Gasteiger partial charge on any atom is -0.478 e. The molecule has 1 aliphatic rings. The van der Waals surface area contributed by atoms with Crippen molar-refractivity contribution in [1.29, 1.82) is 0 Å². The molecule has 1 saturated heterocycles. The van der Waals surface area contributed by atoms with E-state index in [2.05, 4.69) is 5.32 Å². The molecular weight excluding hydrogens is 270 g/mol. The van der Waals surface area contributed by atoms with E-state index in [1.54, 1.807) is 13.0 Å². The van der Waals surface area contributed by atoms with Gasteiger partial charge in [-0.05, 0) is 50.3 Å². The smallest absolute Gasteiger partial charge is 0.336 e. The molecule has 1 aromatic carbocycles. The Labute approximate surface area is 124 Å². The number of nitrogens with one attached hydrogen (secondary N) is 1. The molecule has 1 aliphatic heterocycles. The molecule has 0 radical (unpaired) electrons. The fourth-order valence-corrected chi connectivity index (χ4v) is 2.59. The molecule has 1 fully saturated rings. The fraction of sp³-hybridized carbons (Fsp3) is 0.500. The summed E-state index contributed by atoms with van der Waals surface area (Å²) in [6.45, 7) is 4.31. The average Bonchev–Trinajstić information content (AvgIpc) is 2.42. The van der Waals surface area contributed by atoms with Crippen molar-refractivity contribution in [3.05, 3.63) is 28.8 Å². The lowest BCUT2D eigenvalue weighted by Gasteiger charge is -2.22. The van der Waals surface area contributed by atoms with E-state index in [1.165, 1.54) is 6.07 Å². The predicted molar refractivity (Wildman–Crippen MR) is 79.7 cm³/mol. The zero-order valence-corrected chi connectivity index (χ0v) is 12.4. The van der Waals surface area contributed by atoms with Gasteiger partial charge in [0, 0.05) is 12.3 Å². The zero-order chi connectivity index (χ0) is 15.4. The Morgan fingerprint density at radius 1 is 1.29 bits per heavy atom. The van der Waals surface area contributed by atoms with Crippen LogP contribution in [0.15, 0.2) is 12.1 Å². The van der Waals surface area contributed by atoms with Crippen molar-refractivity contribution < 1.29 is 19.4 Å². The number of rotatable bonds is 4. The number of aryl methyl sites for hydroxylation is 2. The number of amides is 1. The number of carboxylic acids is 1. The summed E-state index contributed by atoms with van der Waals surface area (Å²) in [6.07, 6.45) is 3.33. The molecule has 114 valence electrons. The van der Waals surface area contributed by atoms with Crippen LogP contribution >= 0.6 is 0 Å². The lowest BCUT2D eigenvalue weighted by molar-refractivity contribution is -0.119. The molecule has 2 N–H and O–H groups in total. The molecule has 0 aliphatic carbocycles. The van der Waals surface area contributed by atoms with Gasteiger partial charge in [-0.15, -0.1) is 0 Å². The lowest BCUT2D eigenvalue weighted by Crippen LogP contribution is -2.25. The van der Waals surface area contributed by atoms with Crippen molar-refractivity contribution >= 4 is 17.6 Å². The van der Waals surface area contributed by atoms with E-state index in [4.69, 9.17) is 9.84 Å². The molecule has 1 aromatic rings. The van der Waals surface area contributed by atoms with Gasteiger partial charge < -0.3 is 15.2 Å². The number of carbonyl (C=O) groups is 2. The molecule has 1 unspecified atom stereocenters. The van der Waals surface area contributed by atoms with Crippen LogP contribution in [0, 0.1) is 13.8 Å². The maximum atomic E-state index is 12.1. The van der Waals surface area contributed by atoms with Crippen molar-refractivity contribution in [2.24, 2.45) is 0 Å². The lowest BCUT2D eigenvalue weighted by atomic mass is 10.0. The minimum atomic E-state index is -0.987. The van der Waals surface area contributed by atoms with E-state index in [0.717, 1.165) is 24.8 Å². The maximum absolute atomic E-state index is 12.1. The number of anilines is 1. The predicted octanol–water partition coefficient (Wildman–Crippen LogP) is 2.90. The molecule has 1 amide bonds. The van der Waals surface area contributed by atoms with Crippen molar-refractivity contribution in [2.75, 3.05) is 11.9 Å². The number of hydrogen-bond acceptors (Lipinski definition) is 3. The molecular formula is C16H21NO4. The Kier molecular flexibility index (Phi) is 4.96. The van der Waals surface area contributed by atoms with Crippen molar-refractivity contribution in [1.82, 2.24) is 0 Å². The van der Waals surface area contributed by atoms with E-state index in [-0.39, 0.29) is 17.6 Å². The maximum Gasteiger partial charge on any atom is 0.336 e. The largest absolute Gasteiger partial charge is 0.478 e. The Balaban J connectivity index is 2.06. The van der Waals surface area contributed by atoms with Crippen LogP contribution in [0.1, 0.15) is 47.2 Å². The first-order chi connectivity index (χ1) is 9.97. The van der Waals surface area contributed by atoms with Crippen LogP contribution in [0.4, 0.5) is 5.69 Å². The Bertz CT molecular complexity index is 547. The van der Waals surface area contributed by atoms with Crippen LogP contribution in [0.25, 0.3) is 0 Å². The summed E-state index contributed by atoms with van der Waals surface area (Å²) in [6, 6.07) is 3.29. The summed E-state index contributed by atoms with van der Waals surface area (Å²) in [5.41, 5.74) is 2.31. The minimum absolute atomic E-state index is 0.0246. The molecule has 1 heterocycles. The van der Waals surface area contributed by atoms with Gasteiger partial charge in [-0.2, -0.15) is 0 Å². The van der Waals surface area contributed by atoms with Crippen molar-refractivity contribution in [3.63, 3.8) is 0 Å². The Morgan fingerprint density at radius 3 is 2.67 bits per heavy atom. The number of benzene rings is 1. The number of carbonyl (C=O) groups excluding carboxylic acids is 1. The third-order valence-corrected chi connectivity index (χ3v) is 3.76. The van der Waals surface area contributed by atoms with Gasteiger partial charge in [0.05, 0.1) is 18.1 Å². The van der Waals surface area contributed by atoms with Gasteiger partial charge in [-0.3, -0.25) is 4.79 Å². The monoisotopic (exact) mass is 291 g/mol. The molecule has 0 aromatic heterocycles. The third kappa shape index (κ3) is 4.04. The summed E-state index contributed by atoms with van der Waals surface area (Å²) >= 11 is 0. The van der Waals surface area contributed by atoms with Gasteiger partial charge >= 0.3 is 5.97 Å². The summed E-state index contributed by atoms with van der Waals surface area (Å²) in [5, 5.41) is 11.9. The molecule has 5 nitrogen and oxygen atoms in total. The van der Waals surface area contributed by atoms with Crippen molar-refractivity contribution in [3.8, 4) is 0 Å². The van der Waals surface area contributed by atoms with Crippen LogP contribution < -0.4 is 5.32 Å². The van der Waals surface area contributed by atoms with Crippen LogP contribution in [0.2, 0.25) is 0 Å². The van der Waals surface area contributed by atoms with Gasteiger partial charge in [-0.1, -0.05) is 6.07 Å². The zero-order valence-electron chi connectivity index (χ0n) is 12.4. The number of ether oxygens (including phenoxy) is 1. The normalized spacial score (nSPS) is 18.3. The van der Waals surface area contributed by atoms with E-state index < -0.39 is 5.97 Å². The molecule has 0 spiro atoms. The second kappa shape index (κ2) is 6.72. The quantitative estimate of drug-likeness (QED) is 0.894. The highest BCUT2D eigenvalue weighted by Crippen LogP contribution is 2.22. The topological polar surface area (TPSA) is 75.6 Å². The highest BCUT2D eigenvalue weighted by molar-refractivity contribution is 5.95. The SMILES string of the molecule is Cc1cc(C)c(C(=O)O)cc1NC(=O)CC1CCCCO1. The van der Waals surface area contributed by atoms with Gasteiger partial charge in [0.25, 0.3) is 0 Å². The Hall–Kier alpha value is -1.88. The van der Waals surface area contributed by atoms with Gasteiger partial charge in [-0.25, -0.2) is 4.79 Å². The average molecular weight is 291 g/mol. The summed E-state index contributed by atoms with van der Waals surface area (Å²) in [5.74, 6) is -1.12. The summed E-state index contributed by atoms with van der Waals surface area (Å²) < 4.78 is 5.54. The van der Waals surface area contributed by atoms with Crippen LogP contribution in [-0.2, 0) is 9.53 Å². The van der Waals surface area contributed by atoms with E-state index in [0.29, 0.717) is 24.3 Å². The molecule has 1 atom stereocenters. The highest BCUT2D eigenvalue weighted by Gasteiger charge is 2.19. The molecule has 5 heteroatoms. The molecule has 0 bridgehead atoms. The van der Waals surface area contributed by atoms with Crippen LogP contribution in [0.3, 0.4) is 0 Å². The first-order valence-corrected chi connectivity index (χ1v) is 7.23. The first-order valence-electron chi connectivity index (χ1n) is 7.23. The molecule has 21 heavy (non-hydrogen) atoms. The summed E-state index contributed by atoms with van der Waals surface area (Å²) in [7, 11) is 0. The van der Waals surface area contributed by atoms with Gasteiger partial charge in [0.15, 0.2) is 0 Å². The first kappa shape index (κ1) is 15.5. The molecule has 2 rings (SSSR count). The number of aromatic carboxylic acids is 1. The number of hydrogen-bond donors (Lipinski definition) is 2. The van der Waals surface area contributed by atoms with E-state index >= 15 is 0 Å². The number of carboxylic acid groups (broad SMARTS) is 1. The fourth-order valence-electron chi connectivity index (χ4n) is 2.59. The van der Waals surface area contributed by atoms with Crippen LogP contribution in [0.5, 0.6) is 0 Å². The van der Waals surface area contributed by atoms with Gasteiger partial charge in [0.1, 0.15) is 0 Å². The second-order valence-corrected chi connectivity index (χ2v) is 5.53. The standard InChI is InChI=1S/C16H21NO4/c1-10-7-11(2)14(9-13(10)16(19)20)17-15(18)8-12-5-3-4-6-21-12/h7,9,12H,3-6,8H2,1-2H3,(H,17,18)(H,19,20).